The first-order valence-corrected chi connectivity index (χ1v) is 6.22. The van der Waals surface area contributed by atoms with Crippen LogP contribution in [0.4, 0.5) is 0 Å². The fourth-order valence-electron chi connectivity index (χ4n) is 1.14. The zero-order chi connectivity index (χ0) is 12.5. The highest BCUT2D eigenvalue weighted by atomic mass is 32.2. The summed E-state index contributed by atoms with van der Waals surface area (Å²) in [4.78, 5) is 21.2. The Labute approximate surface area is 105 Å². The summed E-state index contributed by atoms with van der Waals surface area (Å²) in [6, 6.07) is 2.02. The van der Waals surface area contributed by atoms with Gasteiger partial charge in [-0.05, 0) is 0 Å². The average Bonchev–Trinajstić information content (AvgIpc) is 2.37. The Balaban J connectivity index is 2.23. The molecule has 1 aromatic heterocycles. The van der Waals surface area contributed by atoms with E-state index in [0.29, 0.717) is 25.1 Å². The Morgan fingerprint density at radius 2 is 2.41 bits per heavy atom. The Bertz CT molecular complexity index is 390. The number of carbonyl (C=O) groups is 1. The van der Waals surface area contributed by atoms with Gasteiger partial charge in [-0.25, -0.2) is 4.98 Å². The number of rotatable bonds is 6. The van der Waals surface area contributed by atoms with E-state index in [9.17, 15) is 4.79 Å². The van der Waals surface area contributed by atoms with Crippen molar-refractivity contribution in [3.05, 3.63) is 18.6 Å². The molecule has 0 fully saturated rings. The van der Waals surface area contributed by atoms with Crippen LogP contribution in [0.2, 0.25) is 0 Å². The number of carbonyl (C=O) groups excluding carboxylic acids is 1. The van der Waals surface area contributed by atoms with Crippen LogP contribution in [0.15, 0.2) is 23.6 Å². The highest BCUT2D eigenvalue weighted by molar-refractivity contribution is 7.99. The van der Waals surface area contributed by atoms with Gasteiger partial charge >= 0.3 is 0 Å². The zero-order valence-corrected chi connectivity index (χ0v) is 10.5. The van der Waals surface area contributed by atoms with Crippen LogP contribution in [-0.4, -0.2) is 40.1 Å². The molecular weight excluding hydrogens is 236 g/mol. The van der Waals surface area contributed by atoms with Gasteiger partial charge in [0.05, 0.1) is 18.7 Å². The maximum Gasteiger partial charge on any atom is 0.223 e. The fraction of sp³-hybridized carbons (Fsp3) is 0.455. The van der Waals surface area contributed by atoms with Crippen LogP contribution in [0.1, 0.15) is 12.8 Å². The van der Waals surface area contributed by atoms with Gasteiger partial charge in [0, 0.05) is 38.2 Å². The quantitative estimate of drug-likeness (QED) is 0.712. The summed E-state index contributed by atoms with van der Waals surface area (Å²) < 4.78 is 0. The molecule has 0 saturated heterocycles. The number of amides is 1. The van der Waals surface area contributed by atoms with Gasteiger partial charge in [-0.1, -0.05) is 0 Å². The molecule has 0 spiro atoms. The van der Waals surface area contributed by atoms with Crippen LogP contribution in [-0.2, 0) is 4.79 Å². The molecule has 0 N–H and O–H groups in total. The van der Waals surface area contributed by atoms with E-state index in [1.165, 1.54) is 11.8 Å². The maximum atomic E-state index is 11.6. The molecule has 0 aromatic carbocycles. The number of thioether (sulfide) groups is 1. The van der Waals surface area contributed by atoms with Crippen molar-refractivity contribution in [1.29, 1.82) is 5.26 Å². The maximum absolute atomic E-state index is 11.6. The predicted octanol–water partition coefficient (Wildman–Crippen LogP) is 1.33. The molecule has 0 aliphatic heterocycles. The Hall–Kier alpha value is -1.61. The number of hydrogen-bond acceptors (Lipinski definition) is 5. The Morgan fingerprint density at radius 1 is 1.59 bits per heavy atom. The Kier molecular flexibility index (Phi) is 6.04. The van der Waals surface area contributed by atoms with E-state index in [2.05, 4.69) is 9.97 Å². The summed E-state index contributed by atoms with van der Waals surface area (Å²) in [5.41, 5.74) is 0. The molecule has 5 nitrogen and oxygen atoms in total. The highest BCUT2D eigenvalue weighted by Gasteiger charge is 2.08. The average molecular weight is 250 g/mol. The predicted molar refractivity (Wildman–Crippen MR) is 65.2 cm³/mol. The third kappa shape index (κ3) is 5.31. The van der Waals surface area contributed by atoms with E-state index in [0.717, 1.165) is 5.03 Å². The van der Waals surface area contributed by atoms with E-state index < -0.39 is 0 Å². The van der Waals surface area contributed by atoms with Crippen LogP contribution in [0.3, 0.4) is 0 Å². The summed E-state index contributed by atoms with van der Waals surface area (Å²) >= 11 is 1.50. The Morgan fingerprint density at radius 3 is 3.06 bits per heavy atom. The molecule has 0 aliphatic carbocycles. The molecule has 0 unspecified atom stereocenters. The summed E-state index contributed by atoms with van der Waals surface area (Å²) in [5.74, 6) is 0.727. The van der Waals surface area contributed by atoms with Crippen LogP contribution in [0.5, 0.6) is 0 Å². The molecule has 1 rings (SSSR count). The van der Waals surface area contributed by atoms with Gasteiger partial charge in [0.1, 0.15) is 5.03 Å². The summed E-state index contributed by atoms with van der Waals surface area (Å²) in [7, 11) is 1.71. The number of nitriles is 1. The molecule has 0 aliphatic rings. The minimum Gasteiger partial charge on any atom is -0.345 e. The minimum absolute atomic E-state index is 0.0524. The standard InChI is InChI=1S/C11H14N4OS/c1-15(7-2-4-12)11(16)3-8-17-10-9-13-5-6-14-10/h5-6,9H,2-3,7-8H2,1H3. The van der Waals surface area contributed by atoms with Crippen molar-refractivity contribution >= 4 is 17.7 Å². The first-order chi connectivity index (χ1) is 8.24. The molecular formula is C11H14N4OS. The molecule has 90 valence electrons. The molecule has 6 heteroatoms. The van der Waals surface area contributed by atoms with E-state index >= 15 is 0 Å². The van der Waals surface area contributed by atoms with Crippen molar-refractivity contribution in [3.8, 4) is 6.07 Å². The van der Waals surface area contributed by atoms with E-state index in [1.807, 2.05) is 6.07 Å². The first-order valence-electron chi connectivity index (χ1n) is 5.23. The molecule has 0 saturated carbocycles. The lowest BCUT2D eigenvalue weighted by atomic mass is 10.3. The van der Waals surface area contributed by atoms with Gasteiger partial charge in [-0.3, -0.25) is 9.78 Å². The van der Waals surface area contributed by atoms with Crippen LogP contribution >= 0.6 is 11.8 Å². The topological polar surface area (TPSA) is 69.9 Å². The van der Waals surface area contributed by atoms with Gasteiger partial charge in [0.15, 0.2) is 0 Å². The largest absolute Gasteiger partial charge is 0.345 e. The van der Waals surface area contributed by atoms with Crippen LogP contribution in [0.25, 0.3) is 0 Å². The lowest BCUT2D eigenvalue weighted by Gasteiger charge is -2.14. The lowest BCUT2D eigenvalue weighted by molar-refractivity contribution is -0.129. The lowest BCUT2D eigenvalue weighted by Crippen LogP contribution is -2.27. The first kappa shape index (κ1) is 13.5. The van der Waals surface area contributed by atoms with Gasteiger partial charge in [0.25, 0.3) is 0 Å². The molecule has 1 amide bonds. The van der Waals surface area contributed by atoms with E-state index in [-0.39, 0.29) is 5.91 Å². The van der Waals surface area contributed by atoms with Crippen molar-refractivity contribution in [2.45, 2.75) is 17.9 Å². The zero-order valence-electron chi connectivity index (χ0n) is 9.67. The van der Waals surface area contributed by atoms with Crippen LogP contribution < -0.4 is 0 Å². The normalized spacial score (nSPS) is 9.65. The fourth-order valence-corrected chi connectivity index (χ4v) is 1.89. The highest BCUT2D eigenvalue weighted by Crippen LogP contribution is 2.14. The molecule has 1 heterocycles. The van der Waals surface area contributed by atoms with Crippen LogP contribution in [0, 0.1) is 11.3 Å². The van der Waals surface area contributed by atoms with Crippen molar-refractivity contribution in [1.82, 2.24) is 14.9 Å². The number of nitrogens with zero attached hydrogens (tertiary/aromatic N) is 4. The summed E-state index contributed by atoms with van der Waals surface area (Å²) in [6.07, 6.45) is 5.74. The third-order valence-corrected chi connectivity index (χ3v) is 3.00. The second-order valence-electron chi connectivity index (χ2n) is 3.37. The van der Waals surface area contributed by atoms with Crippen molar-refractivity contribution in [2.75, 3.05) is 19.3 Å². The second kappa shape index (κ2) is 7.63. The van der Waals surface area contributed by atoms with Gasteiger partial charge in [-0.2, -0.15) is 5.26 Å². The van der Waals surface area contributed by atoms with E-state index in [4.69, 9.17) is 5.26 Å². The monoisotopic (exact) mass is 250 g/mol. The second-order valence-corrected chi connectivity index (χ2v) is 4.48. The van der Waals surface area contributed by atoms with Gasteiger partial charge in [-0.15, -0.1) is 11.8 Å². The van der Waals surface area contributed by atoms with E-state index in [1.54, 1.807) is 30.5 Å². The third-order valence-electron chi connectivity index (χ3n) is 2.09. The molecule has 17 heavy (non-hydrogen) atoms. The molecule has 0 radical (unpaired) electrons. The van der Waals surface area contributed by atoms with Crippen molar-refractivity contribution in [3.63, 3.8) is 0 Å². The smallest absolute Gasteiger partial charge is 0.223 e. The molecule has 0 atom stereocenters. The van der Waals surface area contributed by atoms with Crippen molar-refractivity contribution in [2.24, 2.45) is 0 Å². The number of aromatic nitrogens is 2. The van der Waals surface area contributed by atoms with Gasteiger partial charge < -0.3 is 4.90 Å². The molecule has 0 bridgehead atoms. The minimum atomic E-state index is 0.0524. The summed E-state index contributed by atoms with van der Waals surface area (Å²) in [5, 5.41) is 9.23. The SMILES string of the molecule is CN(CCC#N)C(=O)CCSc1cnccn1. The summed E-state index contributed by atoms with van der Waals surface area (Å²) in [6.45, 7) is 0.491. The molecule has 1 aromatic rings. The number of hydrogen-bond donors (Lipinski definition) is 0. The van der Waals surface area contributed by atoms with Crippen molar-refractivity contribution < 1.29 is 4.79 Å². The van der Waals surface area contributed by atoms with Gasteiger partial charge in [0.2, 0.25) is 5.91 Å².